The summed E-state index contributed by atoms with van der Waals surface area (Å²) in [6, 6.07) is 15.0. The normalized spacial score (nSPS) is 10.3. The standard InChI is InChI=1S/C25H34N2O3/c1-4-5-6-7-8-15-29-23-13-10-12-22(17-23)27-25(28)18-26-21-11-9-14-24(16-21)30-19-20(2)3/h9-14,16-17,26H,2,4-8,15,18-19H2,1,3H3,(H,27,28). The molecule has 0 bridgehead atoms. The molecular formula is C25H34N2O3. The molecule has 2 rings (SSSR count). The van der Waals surface area contributed by atoms with Gasteiger partial charge in [0.1, 0.15) is 18.1 Å². The van der Waals surface area contributed by atoms with E-state index in [1.165, 1.54) is 25.7 Å². The van der Waals surface area contributed by atoms with Crippen LogP contribution in [0.4, 0.5) is 11.4 Å². The highest BCUT2D eigenvalue weighted by Gasteiger charge is 2.05. The van der Waals surface area contributed by atoms with Crippen molar-refractivity contribution in [3.8, 4) is 11.5 Å². The molecule has 0 spiro atoms. The molecule has 0 fully saturated rings. The Morgan fingerprint density at radius 1 is 0.933 bits per heavy atom. The van der Waals surface area contributed by atoms with Crippen LogP contribution in [0.25, 0.3) is 0 Å². The number of amides is 1. The van der Waals surface area contributed by atoms with E-state index in [0.29, 0.717) is 13.2 Å². The van der Waals surface area contributed by atoms with Gasteiger partial charge in [-0.3, -0.25) is 4.79 Å². The van der Waals surface area contributed by atoms with Crippen molar-refractivity contribution in [2.75, 3.05) is 30.4 Å². The molecule has 0 saturated heterocycles. The van der Waals surface area contributed by atoms with Crippen molar-refractivity contribution in [3.05, 3.63) is 60.7 Å². The lowest BCUT2D eigenvalue weighted by Crippen LogP contribution is -2.21. The van der Waals surface area contributed by atoms with E-state index in [1.807, 2.05) is 55.5 Å². The van der Waals surface area contributed by atoms with Crippen molar-refractivity contribution in [3.63, 3.8) is 0 Å². The Balaban J connectivity index is 1.75. The quantitative estimate of drug-likeness (QED) is 0.294. The van der Waals surface area contributed by atoms with Gasteiger partial charge in [0.2, 0.25) is 5.91 Å². The van der Waals surface area contributed by atoms with Crippen LogP contribution in [0, 0.1) is 0 Å². The summed E-state index contributed by atoms with van der Waals surface area (Å²) in [6.45, 7) is 9.29. The summed E-state index contributed by atoms with van der Waals surface area (Å²) >= 11 is 0. The Kier molecular flexibility index (Phi) is 10.3. The third-order valence-electron chi connectivity index (χ3n) is 4.41. The van der Waals surface area contributed by atoms with Gasteiger partial charge in [-0.1, -0.05) is 51.3 Å². The second-order valence-corrected chi connectivity index (χ2v) is 7.47. The Morgan fingerprint density at radius 3 is 2.33 bits per heavy atom. The first-order valence-corrected chi connectivity index (χ1v) is 10.7. The number of anilines is 2. The van der Waals surface area contributed by atoms with Crippen LogP contribution in [-0.2, 0) is 4.79 Å². The number of nitrogens with one attached hydrogen (secondary N) is 2. The molecule has 0 aliphatic heterocycles. The SMILES string of the molecule is C=C(C)COc1cccc(NCC(=O)Nc2cccc(OCCCCCCC)c2)c1. The van der Waals surface area contributed by atoms with Gasteiger partial charge in [0.15, 0.2) is 0 Å². The molecule has 0 aliphatic rings. The summed E-state index contributed by atoms with van der Waals surface area (Å²) in [5.74, 6) is 1.39. The Hall–Kier alpha value is -2.95. The minimum Gasteiger partial charge on any atom is -0.494 e. The lowest BCUT2D eigenvalue weighted by Gasteiger charge is -2.11. The predicted octanol–water partition coefficient (Wildman–Crippen LogP) is 6.04. The number of ether oxygens (including phenoxy) is 2. The number of carbonyl (C=O) groups is 1. The van der Waals surface area contributed by atoms with Crippen LogP contribution in [0.1, 0.15) is 46.0 Å². The van der Waals surface area contributed by atoms with Gasteiger partial charge in [-0.05, 0) is 43.2 Å². The first-order valence-electron chi connectivity index (χ1n) is 10.7. The monoisotopic (exact) mass is 410 g/mol. The average molecular weight is 411 g/mol. The van der Waals surface area contributed by atoms with Crippen molar-refractivity contribution < 1.29 is 14.3 Å². The van der Waals surface area contributed by atoms with Gasteiger partial charge in [0, 0.05) is 23.5 Å². The van der Waals surface area contributed by atoms with Crippen molar-refractivity contribution in [1.82, 2.24) is 0 Å². The number of unbranched alkanes of at least 4 members (excludes halogenated alkanes) is 4. The van der Waals surface area contributed by atoms with Crippen LogP contribution in [0.5, 0.6) is 11.5 Å². The van der Waals surface area contributed by atoms with Crippen molar-refractivity contribution in [2.45, 2.75) is 46.0 Å². The van der Waals surface area contributed by atoms with Gasteiger partial charge < -0.3 is 20.1 Å². The maximum absolute atomic E-state index is 12.3. The second kappa shape index (κ2) is 13.3. The van der Waals surface area contributed by atoms with Crippen LogP contribution >= 0.6 is 0 Å². The molecule has 0 aliphatic carbocycles. The van der Waals surface area contributed by atoms with E-state index >= 15 is 0 Å². The first-order chi connectivity index (χ1) is 14.6. The fourth-order valence-electron chi connectivity index (χ4n) is 2.85. The smallest absolute Gasteiger partial charge is 0.243 e. The molecule has 5 heteroatoms. The highest BCUT2D eigenvalue weighted by molar-refractivity contribution is 5.93. The highest BCUT2D eigenvalue weighted by Crippen LogP contribution is 2.19. The largest absolute Gasteiger partial charge is 0.494 e. The molecule has 5 nitrogen and oxygen atoms in total. The summed E-state index contributed by atoms with van der Waals surface area (Å²) in [7, 11) is 0. The van der Waals surface area contributed by atoms with E-state index in [2.05, 4.69) is 24.1 Å². The van der Waals surface area contributed by atoms with Crippen LogP contribution < -0.4 is 20.1 Å². The lowest BCUT2D eigenvalue weighted by molar-refractivity contribution is -0.114. The van der Waals surface area contributed by atoms with Gasteiger partial charge in [0.05, 0.1) is 13.2 Å². The van der Waals surface area contributed by atoms with Crippen molar-refractivity contribution in [1.29, 1.82) is 0 Å². The van der Waals surface area contributed by atoms with E-state index in [9.17, 15) is 4.79 Å². The summed E-state index contributed by atoms with van der Waals surface area (Å²) in [6.07, 6.45) is 6.02. The first kappa shape index (κ1) is 23.3. The number of hydrogen-bond donors (Lipinski definition) is 2. The van der Waals surface area contributed by atoms with E-state index in [1.54, 1.807) is 0 Å². The zero-order valence-corrected chi connectivity index (χ0v) is 18.2. The predicted molar refractivity (Wildman–Crippen MR) is 125 cm³/mol. The van der Waals surface area contributed by atoms with Gasteiger partial charge >= 0.3 is 0 Å². The number of hydrogen-bond acceptors (Lipinski definition) is 4. The summed E-state index contributed by atoms with van der Waals surface area (Å²) < 4.78 is 11.4. The Bertz CT molecular complexity index is 804. The van der Waals surface area contributed by atoms with E-state index in [-0.39, 0.29) is 12.5 Å². The van der Waals surface area contributed by atoms with Gasteiger partial charge in [-0.25, -0.2) is 0 Å². The molecule has 0 aromatic heterocycles. The molecule has 162 valence electrons. The summed E-state index contributed by atoms with van der Waals surface area (Å²) in [4.78, 5) is 12.3. The summed E-state index contributed by atoms with van der Waals surface area (Å²) in [5, 5.41) is 6.02. The minimum absolute atomic E-state index is 0.125. The molecule has 0 radical (unpaired) electrons. The van der Waals surface area contributed by atoms with Gasteiger partial charge in [-0.2, -0.15) is 0 Å². The average Bonchev–Trinajstić information content (AvgIpc) is 2.74. The summed E-state index contributed by atoms with van der Waals surface area (Å²) in [5.41, 5.74) is 2.50. The van der Waals surface area contributed by atoms with E-state index < -0.39 is 0 Å². The fourth-order valence-corrected chi connectivity index (χ4v) is 2.85. The van der Waals surface area contributed by atoms with E-state index in [0.717, 1.165) is 34.9 Å². The Labute approximate surface area is 180 Å². The molecule has 2 aromatic rings. The van der Waals surface area contributed by atoms with Gasteiger partial charge in [-0.15, -0.1) is 0 Å². The third kappa shape index (κ3) is 9.50. The van der Waals surface area contributed by atoms with Gasteiger partial charge in [0.25, 0.3) is 0 Å². The maximum atomic E-state index is 12.3. The number of benzene rings is 2. The molecule has 1 amide bonds. The zero-order valence-electron chi connectivity index (χ0n) is 18.2. The van der Waals surface area contributed by atoms with E-state index in [4.69, 9.17) is 9.47 Å². The topological polar surface area (TPSA) is 59.6 Å². The Morgan fingerprint density at radius 2 is 1.60 bits per heavy atom. The third-order valence-corrected chi connectivity index (χ3v) is 4.41. The minimum atomic E-state index is -0.125. The van der Waals surface area contributed by atoms with Crippen LogP contribution in [0.15, 0.2) is 60.7 Å². The molecule has 0 unspecified atom stereocenters. The lowest BCUT2D eigenvalue weighted by atomic mass is 10.2. The molecule has 0 heterocycles. The molecule has 2 N–H and O–H groups in total. The molecule has 0 saturated carbocycles. The zero-order chi connectivity index (χ0) is 21.6. The van der Waals surface area contributed by atoms with Crippen molar-refractivity contribution >= 4 is 17.3 Å². The molecule has 30 heavy (non-hydrogen) atoms. The molecule has 2 aromatic carbocycles. The number of rotatable bonds is 14. The van der Waals surface area contributed by atoms with Crippen molar-refractivity contribution in [2.24, 2.45) is 0 Å². The maximum Gasteiger partial charge on any atom is 0.243 e. The number of carbonyl (C=O) groups excluding carboxylic acids is 1. The second-order valence-electron chi connectivity index (χ2n) is 7.47. The molecular weight excluding hydrogens is 376 g/mol. The van der Waals surface area contributed by atoms with Crippen LogP contribution in [-0.4, -0.2) is 25.7 Å². The van der Waals surface area contributed by atoms with Crippen LogP contribution in [0.2, 0.25) is 0 Å². The van der Waals surface area contributed by atoms with Crippen LogP contribution in [0.3, 0.4) is 0 Å². The highest BCUT2D eigenvalue weighted by atomic mass is 16.5. The molecule has 0 atom stereocenters. The fraction of sp³-hybridized carbons (Fsp3) is 0.400.